The van der Waals surface area contributed by atoms with Gasteiger partial charge in [0.25, 0.3) is 5.91 Å². The summed E-state index contributed by atoms with van der Waals surface area (Å²) in [5.74, 6) is -2.60. The van der Waals surface area contributed by atoms with E-state index in [1.165, 1.54) is 17.0 Å². The van der Waals surface area contributed by atoms with Gasteiger partial charge in [0.15, 0.2) is 0 Å². The van der Waals surface area contributed by atoms with Crippen molar-refractivity contribution in [3.8, 4) is 0 Å². The quantitative estimate of drug-likeness (QED) is 0.840. The number of nitrogens with zero attached hydrogens (tertiary/aromatic N) is 1. The topological polar surface area (TPSA) is 20.3 Å². The third-order valence-corrected chi connectivity index (χ3v) is 3.09. The fraction of sp³-hybridized carbons (Fsp3) is 0.188. The van der Waals surface area contributed by atoms with Crippen molar-refractivity contribution < 1.29 is 18.0 Å². The van der Waals surface area contributed by atoms with Crippen molar-refractivity contribution in [3.05, 3.63) is 71.0 Å². The summed E-state index contributed by atoms with van der Waals surface area (Å²) in [6, 6.07) is 8.66. The Labute approximate surface area is 120 Å². The van der Waals surface area contributed by atoms with Crippen LogP contribution in [0.1, 0.15) is 22.8 Å². The maximum atomic E-state index is 13.7. The molecule has 0 aliphatic heterocycles. The summed E-state index contributed by atoms with van der Waals surface area (Å²) in [5, 5.41) is 0. The molecule has 0 fully saturated rings. The Bertz CT molecular complexity index is 658. The minimum absolute atomic E-state index is 0.157. The van der Waals surface area contributed by atoms with Crippen LogP contribution in [-0.4, -0.2) is 17.4 Å². The Morgan fingerprint density at radius 2 is 1.76 bits per heavy atom. The molecule has 21 heavy (non-hydrogen) atoms. The standard InChI is InChI=1S/C16H14F3NO/c1-2-20(10-11-4-3-5-12(17)8-11)16(21)14-7-6-13(18)9-15(14)19/h3-9H,2,10H2,1H3. The molecular weight excluding hydrogens is 279 g/mol. The normalized spacial score (nSPS) is 10.5. The van der Waals surface area contributed by atoms with Crippen molar-refractivity contribution in [1.82, 2.24) is 4.90 Å². The Balaban J connectivity index is 2.22. The van der Waals surface area contributed by atoms with E-state index in [1.54, 1.807) is 19.1 Å². The van der Waals surface area contributed by atoms with Crippen molar-refractivity contribution in [1.29, 1.82) is 0 Å². The summed E-state index contributed by atoms with van der Waals surface area (Å²) in [7, 11) is 0. The first-order chi connectivity index (χ1) is 10.0. The predicted octanol–water partition coefficient (Wildman–Crippen LogP) is 3.77. The zero-order valence-electron chi connectivity index (χ0n) is 11.4. The van der Waals surface area contributed by atoms with Crippen molar-refractivity contribution in [2.75, 3.05) is 6.54 Å². The highest BCUT2D eigenvalue weighted by molar-refractivity contribution is 5.94. The minimum Gasteiger partial charge on any atom is -0.335 e. The molecular formula is C16H14F3NO. The van der Waals surface area contributed by atoms with E-state index in [-0.39, 0.29) is 12.1 Å². The van der Waals surface area contributed by atoms with Gasteiger partial charge in [0.2, 0.25) is 0 Å². The minimum atomic E-state index is -0.905. The maximum absolute atomic E-state index is 13.7. The summed E-state index contributed by atoms with van der Waals surface area (Å²) in [4.78, 5) is 13.6. The van der Waals surface area contributed by atoms with E-state index < -0.39 is 23.4 Å². The highest BCUT2D eigenvalue weighted by atomic mass is 19.1. The van der Waals surface area contributed by atoms with Gasteiger partial charge in [-0.15, -0.1) is 0 Å². The molecule has 2 aromatic rings. The zero-order valence-corrected chi connectivity index (χ0v) is 11.4. The number of halogens is 3. The Morgan fingerprint density at radius 3 is 2.38 bits per heavy atom. The molecule has 110 valence electrons. The molecule has 1 amide bonds. The monoisotopic (exact) mass is 293 g/mol. The number of carbonyl (C=O) groups is 1. The molecule has 0 radical (unpaired) electrons. The zero-order chi connectivity index (χ0) is 15.4. The van der Waals surface area contributed by atoms with Crippen molar-refractivity contribution in [2.24, 2.45) is 0 Å². The van der Waals surface area contributed by atoms with Gasteiger partial charge >= 0.3 is 0 Å². The molecule has 0 unspecified atom stereocenters. The van der Waals surface area contributed by atoms with Crippen LogP contribution in [0.3, 0.4) is 0 Å². The van der Waals surface area contributed by atoms with Gasteiger partial charge in [-0.3, -0.25) is 4.79 Å². The van der Waals surface area contributed by atoms with Gasteiger partial charge < -0.3 is 4.90 Å². The average Bonchev–Trinajstić information content (AvgIpc) is 2.44. The third kappa shape index (κ3) is 3.62. The second kappa shape index (κ2) is 6.43. The van der Waals surface area contributed by atoms with Crippen LogP contribution >= 0.6 is 0 Å². The number of carbonyl (C=O) groups excluding carboxylic acids is 1. The van der Waals surface area contributed by atoms with Gasteiger partial charge in [0.05, 0.1) is 5.56 Å². The first-order valence-corrected chi connectivity index (χ1v) is 6.50. The van der Waals surface area contributed by atoms with Crippen molar-refractivity contribution in [3.63, 3.8) is 0 Å². The molecule has 0 aliphatic carbocycles. The molecule has 0 aliphatic rings. The van der Waals surface area contributed by atoms with Crippen LogP contribution in [0.4, 0.5) is 13.2 Å². The van der Waals surface area contributed by atoms with Crippen LogP contribution in [0.25, 0.3) is 0 Å². The van der Waals surface area contributed by atoms with Gasteiger partial charge in [-0.25, -0.2) is 13.2 Å². The summed E-state index contributed by atoms with van der Waals surface area (Å²) in [6.45, 7) is 2.22. The number of amides is 1. The molecule has 0 spiro atoms. The number of benzene rings is 2. The van der Waals surface area contributed by atoms with E-state index in [0.29, 0.717) is 18.2 Å². The first-order valence-electron chi connectivity index (χ1n) is 6.50. The smallest absolute Gasteiger partial charge is 0.257 e. The molecule has 0 atom stereocenters. The van der Waals surface area contributed by atoms with E-state index in [9.17, 15) is 18.0 Å². The number of hydrogen-bond donors (Lipinski definition) is 0. The SMILES string of the molecule is CCN(Cc1cccc(F)c1)C(=O)c1ccc(F)cc1F. The van der Waals surface area contributed by atoms with Crippen molar-refractivity contribution in [2.45, 2.75) is 13.5 Å². The molecule has 0 N–H and O–H groups in total. The van der Waals surface area contributed by atoms with E-state index >= 15 is 0 Å². The van der Waals surface area contributed by atoms with Crippen molar-refractivity contribution >= 4 is 5.91 Å². The fourth-order valence-electron chi connectivity index (χ4n) is 2.02. The lowest BCUT2D eigenvalue weighted by atomic mass is 10.1. The molecule has 0 bridgehead atoms. The van der Waals surface area contributed by atoms with Gasteiger partial charge in [0, 0.05) is 19.2 Å². The second-order valence-corrected chi connectivity index (χ2v) is 4.57. The molecule has 2 nitrogen and oxygen atoms in total. The Kier molecular flexibility index (Phi) is 4.62. The lowest BCUT2D eigenvalue weighted by Crippen LogP contribution is -2.31. The van der Waals surface area contributed by atoms with Gasteiger partial charge in [-0.05, 0) is 36.8 Å². The van der Waals surface area contributed by atoms with Crippen LogP contribution in [0.2, 0.25) is 0 Å². The largest absolute Gasteiger partial charge is 0.335 e. The molecule has 0 saturated heterocycles. The summed E-state index contributed by atoms with van der Waals surface area (Å²) in [6.07, 6.45) is 0. The lowest BCUT2D eigenvalue weighted by molar-refractivity contribution is 0.0747. The maximum Gasteiger partial charge on any atom is 0.257 e. The molecule has 0 aromatic heterocycles. The lowest BCUT2D eigenvalue weighted by Gasteiger charge is -2.21. The third-order valence-electron chi connectivity index (χ3n) is 3.09. The molecule has 2 rings (SSSR count). The van der Waals surface area contributed by atoms with Crippen LogP contribution in [-0.2, 0) is 6.54 Å². The van der Waals surface area contributed by atoms with Gasteiger partial charge in [0.1, 0.15) is 17.5 Å². The van der Waals surface area contributed by atoms with Gasteiger partial charge in [-0.2, -0.15) is 0 Å². The summed E-state index contributed by atoms with van der Waals surface area (Å²) < 4.78 is 39.7. The Morgan fingerprint density at radius 1 is 1.05 bits per heavy atom. The highest BCUT2D eigenvalue weighted by Crippen LogP contribution is 2.15. The molecule has 2 aromatic carbocycles. The summed E-state index contributed by atoms with van der Waals surface area (Å²) in [5.41, 5.74) is 0.405. The molecule has 0 heterocycles. The van der Waals surface area contributed by atoms with Crippen LogP contribution in [0, 0.1) is 17.5 Å². The predicted molar refractivity (Wildman–Crippen MR) is 73.2 cm³/mol. The average molecular weight is 293 g/mol. The summed E-state index contributed by atoms with van der Waals surface area (Å²) >= 11 is 0. The van der Waals surface area contributed by atoms with E-state index in [4.69, 9.17) is 0 Å². The van der Waals surface area contributed by atoms with Crippen LogP contribution in [0.15, 0.2) is 42.5 Å². The molecule has 5 heteroatoms. The van der Waals surface area contributed by atoms with E-state index in [2.05, 4.69) is 0 Å². The van der Waals surface area contributed by atoms with Crippen LogP contribution in [0.5, 0.6) is 0 Å². The number of hydrogen-bond acceptors (Lipinski definition) is 1. The van der Waals surface area contributed by atoms with E-state index in [0.717, 1.165) is 12.1 Å². The molecule has 0 saturated carbocycles. The van der Waals surface area contributed by atoms with Crippen LogP contribution < -0.4 is 0 Å². The number of rotatable bonds is 4. The Hall–Kier alpha value is -2.30. The van der Waals surface area contributed by atoms with Gasteiger partial charge in [-0.1, -0.05) is 12.1 Å². The highest BCUT2D eigenvalue weighted by Gasteiger charge is 2.18. The fourth-order valence-corrected chi connectivity index (χ4v) is 2.02. The van der Waals surface area contributed by atoms with E-state index in [1.807, 2.05) is 0 Å². The first kappa shape index (κ1) is 15.1. The second-order valence-electron chi connectivity index (χ2n) is 4.57.